The average Bonchev–Trinajstić information content (AvgIpc) is 3.59. The summed E-state index contributed by atoms with van der Waals surface area (Å²) in [5, 5.41) is 26.6. The van der Waals surface area contributed by atoms with Crippen molar-refractivity contribution in [3.8, 4) is 17.4 Å². The molecular formula is C44H38N4. The van der Waals surface area contributed by atoms with Crippen LogP contribution in [0.4, 0.5) is 0 Å². The van der Waals surface area contributed by atoms with Crippen molar-refractivity contribution in [2.75, 3.05) is 0 Å². The van der Waals surface area contributed by atoms with E-state index in [4.69, 9.17) is 5.41 Å². The molecule has 4 heteroatoms. The van der Waals surface area contributed by atoms with Crippen molar-refractivity contribution in [2.24, 2.45) is 0 Å². The van der Waals surface area contributed by atoms with Crippen LogP contribution in [0.25, 0.3) is 65.8 Å². The van der Waals surface area contributed by atoms with Crippen LogP contribution in [0.2, 0.25) is 0 Å². The number of para-hydroxylation sites is 1. The van der Waals surface area contributed by atoms with Crippen molar-refractivity contribution in [1.82, 2.24) is 9.13 Å². The predicted octanol–water partition coefficient (Wildman–Crippen LogP) is 11.5. The summed E-state index contributed by atoms with van der Waals surface area (Å²) >= 11 is 0. The van der Waals surface area contributed by atoms with Crippen LogP contribution in [-0.4, -0.2) is 15.3 Å². The number of nitriles is 1. The molecule has 2 heterocycles. The van der Waals surface area contributed by atoms with Gasteiger partial charge in [-0.15, -0.1) is 0 Å². The Bertz CT molecular complexity index is 2590. The zero-order valence-corrected chi connectivity index (χ0v) is 28.3. The molecule has 8 aromatic rings. The van der Waals surface area contributed by atoms with Crippen LogP contribution in [0.3, 0.4) is 0 Å². The second-order valence-electron chi connectivity index (χ2n) is 15.0. The summed E-state index contributed by atoms with van der Waals surface area (Å²) in [6.07, 6.45) is 1.40. The topological polar surface area (TPSA) is 57.5 Å². The SMILES string of the molecule is CC(C)(C)c1ccc2c(c1)c1cc(C(C)(C)C)ccc1n2-c1c(C#N)cc(-n2c3ccccc3c3c4ccccc4ccc32)cc1C=N. The van der Waals surface area contributed by atoms with Crippen molar-refractivity contribution >= 4 is 60.6 Å². The summed E-state index contributed by atoms with van der Waals surface area (Å²) in [5.74, 6) is 0. The minimum Gasteiger partial charge on any atom is -0.309 e. The molecule has 0 aliphatic rings. The number of benzene rings is 6. The molecule has 234 valence electrons. The number of rotatable bonds is 3. The van der Waals surface area contributed by atoms with Crippen molar-refractivity contribution in [2.45, 2.75) is 52.4 Å². The molecule has 0 atom stereocenters. The van der Waals surface area contributed by atoms with Crippen LogP contribution in [0.15, 0.2) is 109 Å². The normalized spacial score (nSPS) is 12.4. The number of fused-ring (bicyclic) bond motifs is 8. The van der Waals surface area contributed by atoms with Gasteiger partial charge in [-0.25, -0.2) is 0 Å². The van der Waals surface area contributed by atoms with Gasteiger partial charge in [0.05, 0.1) is 33.3 Å². The van der Waals surface area contributed by atoms with Gasteiger partial charge in [-0.2, -0.15) is 5.26 Å². The van der Waals surface area contributed by atoms with Crippen molar-refractivity contribution in [1.29, 1.82) is 10.7 Å². The van der Waals surface area contributed by atoms with E-state index >= 15 is 0 Å². The minimum absolute atomic E-state index is 0.0164. The van der Waals surface area contributed by atoms with Gasteiger partial charge in [0.15, 0.2) is 0 Å². The number of aromatic nitrogens is 2. The fourth-order valence-corrected chi connectivity index (χ4v) is 7.43. The lowest BCUT2D eigenvalue weighted by molar-refractivity contribution is 0.590. The highest BCUT2D eigenvalue weighted by Gasteiger charge is 2.24. The fraction of sp³-hybridized carbons (Fsp3) is 0.182. The molecule has 0 fully saturated rings. The maximum Gasteiger partial charge on any atom is 0.101 e. The Hall–Kier alpha value is -5.66. The molecule has 0 spiro atoms. The smallest absolute Gasteiger partial charge is 0.101 e. The van der Waals surface area contributed by atoms with Gasteiger partial charge in [0.25, 0.3) is 0 Å². The maximum atomic E-state index is 10.8. The monoisotopic (exact) mass is 622 g/mol. The highest BCUT2D eigenvalue weighted by molar-refractivity contribution is 6.21. The zero-order valence-electron chi connectivity index (χ0n) is 28.3. The molecule has 48 heavy (non-hydrogen) atoms. The van der Waals surface area contributed by atoms with Crippen molar-refractivity contribution in [3.63, 3.8) is 0 Å². The highest BCUT2D eigenvalue weighted by Crippen LogP contribution is 2.41. The molecule has 0 aliphatic heterocycles. The first-order valence-electron chi connectivity index (χ1n) is 16.6. The van der Waals surface area contributed by atoms with E-state index in [1.807, 2.05) is 6.07 Å². The summed E-state index contributed by atoms with van der Waals surface area (Å²) in [7, 11) is 0. The molecule has 0 radical (unpaired) electrons. The van der Waals surface area contributed by atoms with E-state index in [1.165, 1.54) is 33.5 Å². The Morgan fingerprint density at radius 1 is 0.583 bits per heavy atom. The predicted molar refractivity (Wildman–Crippen MR) is 203 cm³/mol. The Morgan fingerprint density at radius 2 is 1.15 bits per heavy atom. The van der Waals surface area contributed by atoms with Crippen molar-refractivity contribution < 1.29 is 0 Å². The standard InChI is InChI=1S/C44H38N4/c1-43(2,3)30-16-19-38-35(23-30)36-24-31(44(4,5)6)17-20-39(36)48(38)42-28(25-45)21-32(22-29(42)26-46)47-37-14-10-9-13-34(37)41-33-12-8-7-11-27(33)15-18-40(41)47/h7-25,45H,1-6H3. The van der Waals surface area contributed by atoms with E-state index in [0.717, 1.165) is 49.6 Å². The first-order chi connectivity index (χ1) is 23.0. The molecule has 0 saturated carbocycles. The summed E-state index contributed by atoms with van der Waals surface area (Å²) < 4.78 is 4.44. The van der Waals surface area contributed by atoms with E-state index in [1.54, 1.807) is 0 Å². The van der Waals surface area contributed by atoms with Gasteiger partial charge < -0.3 is 14.5 Å². The summed E-state index contributed by atoms with van der Waals surface area (Å²) in [5.41, 5.74) is 9.49. The third-order valence-electron chi connectivity index (χ3n) is 9.94. The molecule has 2 aromatic heterocycles. The highest BCUT2D eigenvalue weighted by atomic mass is 15.0. The summed E-state index contributed by atoms with van der Waals surface area (Å²) in [6.45, 7) is 13.4. The first kappa shape index (κ1) is 29.7. The third kappa shape index (κ3) is 4.38. The molecule has 6 aromatic carbocycles. The van der Waals surface area contributed by atoms with Crippen molar-refractivity contribution in [3.05, 3.63) is 131 Å². The lowest BCUT2D eigenvalue weighted by Gasteiger charge is -2.20. The maximum absolute atomic E-state index is 10.8. The molecule has 4 nitrogen and oxygen atoms in total. The van der Waals surface area contributed by atoms with Gasteiger partial charge in [-0.1, -0.05) is 102 Å². The number of hydrogen-bond donors (Lipinski definition) is 1. The number of nitrogens with one attached hydrogen (secondary N) is 1. The Morgan fingerprint density at radius 3 is 1.75 bits per heavy atom. The molecule has 0 aliphatic carbocycles. The van der Waals surface area contributed by atoms with E-state index < -0.39 is 0 Å². The molecule has 0 bridgehead atoms. The fourth-order valence-electron chi connectivity index (χ4n) is 7.43. The molecule has 0 amide bonds. The van der Waals surface area contributed by atoms with E-state index in [0.29, 0.717) is 11.1 Å². The summed E-state index contributed by atoms with van der Waals surface area (Å²) in [6, 6.07) is 41.3. The van der Waals surface area contributed by atoms with E-state index in [9.17, 15) is 5.26 Å². The van der Waals surface area contributed by atoms with Crippen LogP contribution in [0.5, 0.6) is 0 Å². The Balaban J connectivity index is 1.46. The van der Waals surface area contributed by atoms with Crippen LogP contribution in [0.1, 0.15) is 63.8 Å². The van der Waals surface area contributed by atoms with Crippen LogP contribution < -0.4 is 0 Å². The second-order valence-corrected chi connectivity index (χ2v) is 15.0. The zero-order chi connectivity index (χ0) is 33.5. The molecule has 0 unspecified atom stereocenters. The quantitative estimate of drug-likeness (QED) is 0.196. The molecule has 1 N–H and O–H groups in total. The third-order valence-corrected chi connectivity index (χ3v) is 9.94. The lowest BCUT2D eigenvalue weighted by Crippen LogP contribution is -2.10. The summed E-state index contributed by atoms with van der Waals surface area (Å²) in [4.78, 5) is 0. The second kappa shape index (κ2) is 10.4. The molecule has 0 saturated heterocycles. The lowest BCUT2D eigenvalue weighted by atomic mass is 9.85. The van der Waals surface area contributed by atoms with Gasteiger partial charge >= 0.3 is 0 Å². The van der Waals surface area contributed by atoms with E-state index in [-0.39, 0.29) is 10.8 Å². The Labute approximate surface area is 281 Å². The molecular weight excluding hydrogens is 585 g/mol. The minimum atomic E-state index is -0.0164. The number of hydrogen-bond acceptors (Lipinski definition) is 2. The molecule has 8 rings (SSSR count). The Kier molecular flexibility index (Phi) is 6.45. The number of nitrogens with zero attached hydrogens (tertiary/aromatic N) is 3. The van der Waals surface area contributed by atoms with Gasteiger partial charge in [0.1, 0.15) is 6.07 Å². The largest absolute Gasteiger partial charge is 0.309 e. The van der Waals surface area contributed by atoms with Crippen LogP contribution >= 0.6 is 0 Å². The van der Waals surface area contributed by atoms with Crippen LogP contribution in [-0.2, 0) is 10.8 Å². The van der Waals surface area contributed by atoms with Gasteiger partial charge in [-0.3, -0.25) is 0 Å². The van der Waals surface area contributed by atoms with Gasteiger partial charge in [0.2, 0.25) is 0 Å². The first-order valence-corrected chi connectivity index (χ1v) is 16.6. The van der Waals surface area contributed by atoms with Gasteiger partial charge in [0, 0.05) is 39.0 Å². The average molecular weight is 623 g/mol. The van der Waals surface area contributed by atoms with Gasteiger partial charge in [-0.05, 0) is 81.3 Å². The van der Waals surface area contributed by atoms with Crippen LogP contribution in [0, 0.1) is 16.7 Å². The van der Waals surface area contributed by atoms with E-state index in [2.05, 4.69) is 160 Å².